The summed E-state index contributed by atoms with van der Waals surface area (Å²) in [7, 11) is 1.67. The van der Waals surface area contributed by atoms with Crippen LogP contribution in [0.5, 0.6) is 5.75 Å². The zero-order valence-electron chi connectivity index (χ0n) is 13.3. The Morgan fingerprint density at radius 3 is 2.96 bits per heavy atom. The molecule has 8 heteroatoms. The molecule has 5 nitrogen and oxygen atoms in total. The molecule has 0 fully saturated rings. The van der Waals surface area contributed by atoms with Gasteiger partial charge in [-0.2, -0.15) is 0 Å². The molecule has 3 heterocycles. The Bertz CT molecular complexity index is 962. The minimum Gasteiger partial charge on any atom is -0.497 e. The summed E-state index contributed by atoms with van der Waals surface area (Å²) >= 11 is 4.86. The summed E-state index contributed by atoms with van der Waals surface area (Å²) in [6.07, 6.45) is 0. The topological polar surface area (TPSA) is 63.7 Å². The summed E-state index contributed by atoms with van der Waals surface area (Å²) in [6, 6.07) is 12.0. The maximum Gasteiger partial charge on any atom is 0.209 e. The Morgan fingerprint density at radius 2 is 2.12 bits per heavy atom. The van der Waals surface area contributed by atoms with Crippen LogP contribution in [0, 0.1) is 0 Å². The van der Waals surface area contributed by atoms with Gasteiger partial charge in [0.15, 0.2) is 5.82 Å². The number of nitrogens with zero attached hydrogens (tertiary/aromatic N) is 3. The van der Waals surface area contributed by atoms with Crippen molar-refractivity contribution in [2.45, 2.75) is 10.9 Å². The van der Waals surface area contributed by atoms with Gasteiger partial charge < -0.3 is 4.74 Å². The zero-order chi connectivity index (χ0) is 17.1. The van der Waals surface area contributed by atoms with Gasteiger partial charge in [-0.05, 0) is 23.6 Å². The summed E-state index contributed by atoms with van der Waals surface area (Å²) < 4.78 is 5.27. The van der Waals surface area contributed by atoms with Gasteiger partial charge in [-0.25, -0.2) is 9.97 Å². The van der Waals surface area contributed by atoms with Crippen molar-refractivity contribution in [3.63, 3.8) is 0 Å². The lowest BCUT2D eigenvalue weighted by Gasteiger charge is -2.01. The number of methoxy groups -OCH3 is 1. The molecular weight excluding hydrogens is 372 g/mol. The minimum absolute atomic E-state index is 0.735. The Kier molecular flexibility index (Phi) is 4.82. The van der Waals surface area contributed by atoms with Gasteiger partial charge in [-0.1, -0.05) is 30.0 Å². The highest BCUT2D eigenvalue weighted by Crippen LogP contribution is 2.29. The molecule has 0 aliphatic heterocycles. The van der Waals surface area contributed by atoms with Crippen LogP contribution < -0.4 is 4.74 Å². The molecule has 0 unspecified atom stereocenters. The van der Waals surface area contributed by atoms with Crippen molar-refractivity contribution in [1.82, 2.24) is 20.2 Å². The largest absolute Gasteiger partial charge is 0.497 e. The molecule has 4 rings (SSSR count). The lowest BCUT2D eigenvalue weighted by Crippen LogP contribution is -1.85. The first-order chi connectivity index (χ1) is 12.3. The van der Waals surface area contributed by atoms with Crippen LogP contribution in [0.15, 0.2) is 52.3 Å². The number of thiazole rings is 1. The number of nitrogens with one attached hydrogen (secondary N) is 1. The third-order valence-corrected chi connectivity index (χ3v) is 6.13. The SMILES string of the molecule is COc1cccc(-c2nc(CSc3n[nH]c(-c4cccs4)n3)cs2)c1. The molecule has 0 aliphatic rings. The molecule has 3 aromatic heterocycles. The van der Waals surface area contributed by atoms with E-state index in [0.29, 0.717) is 0 Å². The number of ether oxygens (including phenoxy) is 1. The Morgan fingerprint density at radius 1 is 1.16 bits per heavy atom. The van der Waals surface area contributed by atoms with Gasteiger partial charge in [0.25, 0.3) is 0 Å². The van der Waals surface area contributed by atoms with Gasteiger partial charge in [-0.15, -0.1) is 27.8 Å². The van der Waals surface area contributed by atoms with Crippen LogP contribution in [0.2, 0.25) is 0 Å². The van der Waals surface area contributed by atoms with E-state index in [1.54, 1.807) is 41.5 Å². The molecule has 0 saturated heterocycles. The molecule has 0 spiro atoms. The second kappa shape index (κ2) is 7.38. The number of hydrogen-bond acceptors (Lipinski definition) is 7. The molecule has 0 aliphatic carbocycles. The maximum atomic E-state index is 5.27. The van der Waals surface area contributed by atoms with E-state index < -0.39 is 0 Å². The molecule has 0 bridgehead atoms. The first-order valence-corrected chi connectivity index (χ1v) is 10.2. The molecular formula is C17H14N4OS3. The molecule has 25 heavy (non-hydrogen) atoms. The molecule has 0 saturated carbocycles. The average molecular weight is 387 g/mol. The van der Waals surface area contributed by atoms with Crippen molar-refractivity contribution in [3.8, 4) is 27.0 Å². The van der Waals surface area contributed by atoms with E-state index in [1.807, 2.05) is 41.8 Å². The highest BCUT2D eigenvalue weighted by molar-refractivity contribution is 7.98. The molecule has 0 radical (unpaired) electrons. The highest BCUT2D eigenvalue weighted by Gasteiger charge is 2.10. The summed E-state index contributed by atoms with van der Waals surface area (Å²) in [4.78, 5) is 10.3. The van der Waals surface area contributed by atoms with Crippen LogP contribution in [0.25, 0.3) is 21.3 Å². The number of benzene rings is 1. The summed E-state index contributed by atoms with van der Waals surface area (Å²) in [6.45, 7) is 0. The van der Waals surface area contributed by atoms with Gasteiger partial charge in [0, 0.05) is 16.7 Å². The Labute approximate surface area is 157 Å². The van der Waals surface area contributed by atoms with Crippen molar-refractivity contribution in [3.05, 3.63) is 52.9 Å². The first kappa shape index (κ1) is 16.3. The van der Waals surface area contributed by atoms with E-state index in [-0.39, 0.29) is 0 Å². The van der Waals surface area contributed by atoms with Crippen molar-refractivity contribution in [2.24, 2.45) is 0 Å². The van der Waals surface area contributed by atoms with E-state index in [9.17, 15) is 0 Å². The molecule has 126 valence electrons. The van der Waals surface area contributed by atoms with E-state index in [1.165, 1.54) is 0 Å². The number of thioether (sulfide) groups is 1. The predicted octanol–water partition coefficient (Wildman–Crippen LogP) is 4.96. The minimum atomic E-state index is 0.735. The smallest absolute Gasteiger partial charge is 0.209 e. The molecule has 1 aromatic carbocycles. The lowest BCUT2D eigenvalue weighted by molar-refractivity contribution is 0.415. The number of aromatic amines is 1. The summed E-state index contributed by atoms with van der Waals surface area (Å²) in [5.41, 5.74) is 2.09. The lowest BCUT2D eigenvalue weighted by atomic mass is 10.2. The quantitative estimate of drug-likeness (QED) is 0.475. The second-order valence-corrected chi connectivity index (χ2v) is 7.86. The summed E-state index contributed by atoms with van der Waals surface area (Å²) in [5.74, 6) is 2.39. The molecule has 4 aromatic rings. The summed E-state index contributed by atoms with van der Waals surface area (Å²) in [5, 5.41) is 13.1. The number of rotatable bonds is 6. The second-order valence-electron chi connectivity index (χ2n) is 5.11. The van der Waals surface area contributed by atoms with Crippen LogP contribution in [-0.4, -0.2) is 27.3 Å². The molecule has 0 atom stereocenters. The van der Waals surface area contributed by atoms with Gasteiger partial charge in [0.2, 0.25) is 5.16 Å². The van der Waals surface area contributed by atoms with Crippen LogP contribution in [0.4, 0.5) is 0 Å². The maximum absolute atomic E-state index is 5.27. The van der Waals surface area contributed by atoms with Crippen molar-refractivity contribution in [2.75, 3.05) is 7.11 Å². The number of thiophene rings is 1. The molecule has 0 amide bonds. The van der Waals surface area contributed by atoms with E-state index in [4.69, 9.17) is 9.72 Å². The van der Waals surface area contributed by atoms with E-state index in [2.05, 4.69) is 20.6 Å². The normalized spacial score (nSPS) is 10.9. The number of hydrogen-bond donors (Lipinski definition) is 1. The van der Waals surface area contributed by atoms with Gasteiger partial charge in [0.05, 0.1) is 17.7 Å². The van der Waals surface area contributed by atoms with Crippen LogP contribution in [-0.2, 0) is 5.75 Å². The monoisotopic (exact) mass is 386 g/mol. The fourth-order valence-corrected chi connectivity index (χ4v) is 4.51. The van der Waals surface area contributed by atoms with Crippen molar-refractivity contribution in [1.29, 1.82) is 0 Å². The van der Waals surface area contributed by atoms with Crippen LogP contribution in [0.3, 0.4) is 0 Å². The van der Waals surface area contributed by atoms with Gasteiger partial charge >= 0.3 is 0 Å². The van der Waals surface area contributed by atoms with Crippen molar-refractivity contribution < 1.29 is 4.74 Å². The predicted molar refractivity (Wildman–Crippen MR) is 103 cm³/mol. The molecule has 1 N–H and O–H groups in total. The fourth-order valence-electron chi connectivity index (χ4n) is 2.23. The van der Waals surface area contributed by atoms with E-state index >= 15 is 0 Å². The average Bonchev–Trinajstić information content (AvgIpc) is 3.41. The van der Waals surface area contributed by atoms with Crippen LogP contribution >= 0.6 is 34.4 Å². The highest BCUT2D eigenvalue weighted by atomic mass is 32.2. The van der Waals surface area contributed by atoms with Crippen molar-refractivity contribution >= 4 is 34.4 Å². The zero-order valence-corrected chi connectivity index (χ0v) is 15.8. The van der Waals surface area contributed by atoms with Gasteiger partial charge in [0.1, 0.15) is 10.8 Å². The third kappa shape index (κ3) is 3.76. The third-order valence-electron chi connectivity index (χ3n) is 3.44. The standard InChI is InChI=1S/C17H14N4OS3/c1-22-13-5-2-4-11(8-13)16-18-12(9-24-16)10-25-17-19-15(20-21-17)14-6-3-7-23-14/h2-9H,10H2,1H3,(H,19,20,21). The fraction of sp³-hybridized carbons (Fsp3) is 0.118. The first-order valence-electron chi connectivity index (χ1n) is 7.50. The van der Waals surface area contributed by atoms with Crippen LogP contribution in [0.1, 0.15) is 5.69 Å². The number of H-pyrrole nitrogens is 1. The van der Waals surface area contributed by atoms with Gasteiger partial charge in [-0.3, -0.25) is 5.10 Å². The number of aromatic nitrogens is 4. The van der Waals surface area contributed by atoms with E-state index in [0.717, 1.165) is 43.6 Å². The Balaban J connectivity index is 1.43. The Hall–Kier alpha value is -2.16.